The molecule has 0 aromatic carbocycles. The molecular formula is C7H12NP. The number of nitrogens with zero attached hydrogens (tertiary/aromatic N) is 1. The molecule has 1 aliphatic carbocycles. The van der Waals surface area contributed by atoms with Gasteiger partial charge in [0.05, 0.1) is 0 Å². The van der Waals surface area contributed by atoms with E-state index in [0.29, 0.717) is 0 Å². The molecule has 9 heavy (non-hydrogen) atoms. The van der Waals surface area contributed by atoms with Crippen molar-refractivity contribution < 1.29 is 0 Å². The maximum atomic E-state index is 5.54. The summed E-state index contributed by atoms with van der Waals surface area (Å²) in [5.41, 5.74) is 0. The van der Waals surface area contributed by atoms with Crippen molar-refractivity contribution in [2.45, 2.75) is 6.42 Å². The fourth-order valence-corrected chi connectivity index (χ4v) is 2.52. The highest BCUT2D eigenvalue weighted by atomic mass is 31.0. The molecule has 1 heterocycles. The van der Waals surface area contributed by atoms with Crippen LogP contribution in [0.3, 0.4) is 0 Å². The topological polar surface area (TPSA) is 3.24 Å². The van der Waals surface area contributed by atoms with Crippen LogP contribution >= 0.6 is 9.39 Å². The largest absolute Gasteiger partial charge is 0.287 e. The maximum Gasteiger partial charge on any atom is 0.00506 e. The minimum absolute atomic E-state index is 0.877. The van der Waals surface area contributed by atoms with Gasteiger partial charge in [0, 0.05) is 13.1 Å². The monoisotopic (exact) mass is 141 g/mol. The molecule has 0 N–H and O–H groups in total. The second-order valence-corrected chi connectivity index (χ2v) is 3.91. The first-order valence-electron chi connectivity index (χ1n) is 3.52. The van der Waals surface area contributed by atoms with Crippen molar-refractivity contribution in [1.82, 2.24) is 4.67 Å². The number of hydrogen-bond acceptors (Lipinski definition) is 1. The first kappa shape index (κ1) is 6.12. The second-order valence-electron chi connectivity index (χ2n) is 3.18. The zero-order valence-corrected chi connectivity index (χ0v) is 6.61. The standard InChI is InChI=1S/C7H12NP/c1-2-5-6-3-8(9)4-7(5)6/h1,5-7H,2-4,9H2/t5?,6-,7+. The summed E-state index contributed by atoms with van der Waals surface area (Å²) in [5, 5.41) is 0. The molecule has 1 saturated heterocycles. The minimum Gasteiger partial charge on any atom is -0.287 e. The van der Waals surface area contributed by atoms with Crippen LogP contribution in [0.1, 0.15) is 6.42 Å². The molecule has 2 fully saturated rings. The number of rotatable bonds is 1. The molecule has 0 aromatic rings. The van der Waals surface area contributed by atoms with Crippen LogP contribution in [0, 0.1) is 24.7 Å². The van der Waals surface area contributed by atoms with Crippen LogP contribution in [0.2, 0.25) is 0 Å². The van der Waals surface area contributed by atoms with E-state index in [1.165, 1.54) is 13.1 Å². The van der Waals surface area contributed by atoms with Crippen LogP contribution in [0.15, 0.2) is 0 Å². The molecule has 1 aliphatic heterocycles. The third-order valence-electron chi connectivity index (χ3n) is 2.67. The molecule has 4 atom stereocenters. The molecular weight excluding hydrogens is 129 g/mol. The second kappa shape index (κ2) is 1.93. The number of fused-ring (bicyclic) bond motifs is 1. The van der Waals surface area contributed by atoms with Crippen LogP contribution in [-0.2, 0) is 0 Å². The zero-order chi connectivity index (χ0) is 6.43. The predicted molar refractivity (Wildman–Crippen MR) is 40.7 cm³/mol. The average molecular weight is 141 g/mol. The Morgan fingerprint density at radius 2 is 2.00 bits per heavy atom. The van der Waals surface area contributed by atoms with Crippen LogP contribution in [0.25, 0.3) is 0 Å². The van der Waals surface area contributed by atoms with Gasteiger partial charge in [-0.1, -0.05) is 9.39 Å². The molecule has 2 aliphatic rings. The van der Waals surface area contributed by atoms with E-state index in [0.717, 1.165) is 24.2 Å². The highest BCUT2D eigenvalue weighted by molar-refractivity contribution is 7.13. The zero-order valence-electron chi connectivity index (χ0n) is 5.46. The van der Waals surface area contributed by atoms with Gasteiger partial charge in [-0.2, -0.15) is 0 Å². The van der Waals surface area contributed by atoms with E-state index in [1.54, 1.807) is 0 Å². The molecule has 1 saturated carbocycles. The summed E-state index contributed by atoms with van der Waals surface area (Å²) >= 11 is 0. The van der Waals surface area contributed by atoms with Gasteiger partial charge in [-0.05, 0) is 31.1 Å². The fraction of sp³-hybridized carbons (Fsp3) is 0.857. The molecule has 2 radical (unpaired) electrons. The maximum absolute atomic E-state index is 5.54. The van der Waals surface area contributed by atoms with Crippen molar-refractivity contribution in [3.05, 3.63) is 6.92 Å². The third kappa shape index (κ3) is 0.824. The molecule has 0 spiro atoms. The molecule has 2 heteroatoms. The Labute approximate surface area is 59.1 Å². The third-order valence-corrected chi connectivity index (χ3v) is 3.09. The predicted octanol–water partition coefficient (Wildman–Crippen LogP) is 1.06. The summed E-state index contributed by atoms with van der Waals surface area (Å²) in [5.74, 6) is 2.78. The van der Waals surface area contributed by atoms with Gasteiger partial charge in [0.2, 0.25) is 0 Å². The van der Waals surface area contributed by atoms with Gasteiger partial charge in [-0.15, -0.1) is 0 Å². The highest BCUT2D eigenvalue weighted by Gasteiger charge is 2.53. The van der Waals surface area contributed by atoms with Gasteiger partial charge in [0.15, 0.2) is 0 Å². The van der Waals surface area contributed by atoms with E-state index < -0.39 is 0 Å². The SMILES string of the molecule is [CH]CC1[C@H]2CN(P)C[C@@H]12. The Balaban J connectivity index is 1.91. The average Bonchev–Trinajstić information content (AvgIpc) is 2.30. The molecule has 2 unspecified atom stereocenters. The summed E-state index contributed by atoms with van der Waals surface area (Å²) in [6.07, 6.45) is 0.911. The Kier molecular flexibility index (Phi) is 1.32. The smallest absolute Gasteiger partial charge is 0.00506 e. The van der Waals surface area contributed by atoms with E-state index in [2.05, 4.69) is 14.1 Å². The van der Waals surface area contributed by atoms with E-state index in [4.69, 9.17) is 6.92 Å². The summed E-state index contributed by atoms with van der Waals surface area (Å²) in [4.78, 5) is 0. The molecule has 0 aromatic heterocycles. The molecule has 0 bridgehead atoms. The normalized spacial score (nSPS) is 49.3. The Bertz CT molecular complexity index is 114. The summed E-state index contributed by atoms with van der Waals surface area (Å²) in [6.45, 7) is 8.07. The van der Waals surface area contributed by atoms with Crippen LogP contribution in [0.5, 0.6) is 0 Å². The molecule has 2 rings (SSSR count). The molecule has 50 valence electrons. The van der Waals surface area contributed by atoms with E-state index in [-0.39, 0.29) is 0 Å². The van der Waals surface area contributed by atoms with Gasteiger partial charge >= 0.3 is 0 Å². The number of hydrogen-bond donors (Lipinski definition) is 0. The fourth-order valence-electron chi connectivity index (χ4n) is 2.03. The van der Waals surface area contributed by atoms with E-state index in [1.807, 2.05) is 0 Å². The van der Waals surface area contributed by atoms with Crippen molar-refractivity contribution in [2.75, 3.05) is 13.1 Å². The number of piperidine rings is 1. The Hall–Kier alpha value is 0.390. The lowest BCUT2D eigenvalue weighted by Gasteiger charge is -2.10. The van der Waals surface area contributed by atoms with Crippen molar-refractivity contribution in [2.24, 2.45) is 17.8 Å². The Morgan fingerprint density at radius 3 is 2.44 bits per heavy atom. The lowest BCUT2D eigenvalue weighted by Crippen LogP contribution is -2.12. The van der Waals surface area contributed by atoms with Crippen molar-refractivity contribution in [3.63, 3.8) is 0 Å². The summed E-state index contributed by atoms with van der Waals surface area (Å²) in [6, 6.07) is 0. The lowest BCUT2D eigenvalue weighted by molar-refractivity contribution is 0.462. The van der Waals surface area contributed by atoms with Crippen LogP contribution in [0.4, 0.5) is 0 Å². The first-order chi connectivity index (χ1) is 4.33. The lowest BCUT2D eigenvalue weighted by atomic mass is 10.2. The summed E-state index contributed by atoms with van der Waals surface area (Å²) < 4.78 is 2.32. The first-order valence-corrected chi connectivity index (χ1v) is 4.04. The van der Waals surface area contributed by atoms with Crippen LogP contribution in [-0.4, -0.2) is 17.8 Å². The van der Waals surface area contributed by atoms with Gasteiger partial charge in [-0.3, -0.25) is 4.67 Å². The van der Waals surface area contributed by atoms with Crippen molar-refractivity contribution in [3.8, 4) is 0 Å². The van der Waals surface area contributed by atoms with Crippen molar-refractivity contribution in [1.29, 1.82) is 0 Å². The molecule has 1 nitrogen and oxygen atoms in total. The van der Waals surface area contributed by atoms with E-state index in [9.17, 15) is 0 Å². The minimum atomic E-state index is 0.877. The van der Waals surface area contributed by atoms with E-state index >= 15 is 0 Å². The molecule has 0 amide bonds. The quantitative estimate of drug-likeness (QED) is 0.493. The van der Waals surface area contributed by atoms with Gasteiger partial charge in [0.25, 0.3) is 0 Å². The van der Waals surface area contributed by atoms with Crippen LogP contribution < -0.4 is 0 Å². The van der Waals surface area contributed by atoms with Gasteiger partial charge in [-0.25, -0.2) is 0 Å². The Morgan fingerprint density at radius 1 is 1.44 bits per heavy atom. The summed E-state index contributed by atoms with van der Waals surface area (Å²) in [7, 11) is 2.76. The van der Waals surface area contributed by atoms with Crippen molar-refractivity contribution >= 4 is 9.39 Å². The van der Waals surface area contributed by atoms with Gasteiger partial charge in [0.1, 0.15) is 0 Å². The highest BCUT2D eigenvalue weighted by Crippen LogP contribution is 2.53. The van der Waals surface area contributed by atoms with Gasteiger partial charge < -0.3 is 0 Å².